The van der Waals surface area contributed by atoms with Crippen LogP contribution >= 0.6 is 0 Å². The van der Waals surface area contributed by atoms with Crippen LogP contribution in [0.2, 0.25) is 0 Å². The Morgan fingerprint density at radius 2 is 2.05 bits per heavy atom. The van der Waals surface area contributed by atoms with Gasteiger partial charge in [0.2, 0.25) is 0 Å². The summed E-state index contributed by atoms with van der Waals surface area (Å²) in [4.78, 5) is 12.0. The van der Waals surface area contributed by atoms with Crippen LogP contribution in [0.1, 0.15) is 11.6 Å². The molecule has 0 spiro atoms. The Balaban J connectivity index is 2.35. The lowest BCUT2D eigenvalue weighted by Gasteiger charge is -2.34. The molecule has 0 radical (unpaired) electrons. The van der Waals surface area contributed by atoms with Gasteiger partial charge in [0.1, 0.15) is 0 Å². The second-order valence-electron chi connectivity index (χ2n) is 4.75. The smallest absolute Gasteiger partial charge is 0.311 e. The van der Waals surface area contributed by atoms with Crippen molar-refractivity contribution >= 4 is 5.69 Å². The lowest BCUT2D eigenvalue weighted by atomic mass is 10.0. The van der Waals surface area contributed by atoms with Crippen molar-refractivity contribution in [2.75, 3.05) is 33.3 Å². The number of ether oxygens (including phenoxy) is 1. The summed E-state index contributed by atoms with van der Waals surface area (Å²) in [5, 5.41) is 14.1. The molecule has 0 aliphatic carbocycles. The van der Waals surface area contributed by atoms with Crippen molar-refractivity contribution in [3.05, 3.63) is 33.9 Å². The van der Waals surface area contributed by atoms with Gasteiger partial charge in [-0.1, -0.05) is 6.07 Å². The fraction of sp³-hybridized carbons (Fsp3) is 0.538. The second-order valence-corrected chi connectivity index (χ2v) is 4.75. The van der Waals surface area contributed by atoms with E-state index in [2.05, 4.69) is 5.32 Å². The van der Waals surface area contributed by atoms with Gasteiger partial charge >= 0.3 is 5.69 Å². The van der Waals surface area contributed by atoms with Crippen molar-refractivity contribution in [1.82, 2.24) is 10.2 Å². The first kappa shape index (κ1) is 15.6. The van der Waals surface area contributed by atoms with Gasteiger partial charge in [-0.05, 0) is 11.6 Å². The maximum atomic E-state index is 13.4. The van der Waals surface area contributed by atoms with Crippen LogP contribution in [-0.4, -0.2) is 49.5 Å². The molecule has 0 saturated carbocycles. The number of nitrogens with zero attached hydrogens (tertiary/aromatic N) is 2. The number of nitro benzene ring substituents is 1. The van der Waals surface area contributed by atoms with Gasteiger partial charge in [-0.15, -0.1) is 0 Å². The standard InChI is InChI=1S/C13H17F2N3O3/c1-21-11-3-2-9(8-10(11)18(19)20)12(13(14)15)17-6-4-16-5-7-17/h2-3,8,12-13,16H,4-7H2,1H3/t12-/m1/s1. The lowest BCUT2D eigenvalue weighted by molar-refractivity contribution is -0.385. The van der Waals surface area contributed by atoms with Crippen molar-refractivity contribution in [2.45, 2.75) is 12.5 Å². The average Bonchev–Trinajstić information content (AvgIpc) is 2.48. The molecule has 8 heteroatoms. The van der Waals surface area contributed by atoms with Crippen LogP contribution in [-0.2, 0) is 0 Å². The zero-order valence-electron chi connectivity index (χ0n) is 11.6. The number of nitro groups is 1. The summed E-state index contributed by atoms with van der Waals surface area (Å²) < 4.78 is 31.7. The molecular weight excluding hydrogens is 284 g/mol. The molecule has 2 rings (SSSR count). The third kappa shape index (κ3) is 3.45. The van der Waals surface area contributed by atoms with Crippen LogP contribution in [0.15, 0.2) is 18.2 Å². The number of rotatable bonds is 5. The molecule has 0 bridgehead atoms. The largest absolute Gasteiger partial charge is 0.490 e. The van der Waals surface area contributed by atoms with E-state index in [1.54, 1.807) is 4.90 Å². The predicted octanol–water partition coefficient (Wildman–Crippen LogP) is 1.81. The van der Waals surface area contributed by atoms with Gasteiger partial charge in [0.05, 0.1) is 18.1 Å². The SMILES string of the molecule is COc1ccc([C@H](C(F)F)N2CCNCC2)cc1[N+](=O)[O-]. The normalized spacial score (nSPS) is 17.7. The summed E-state index contributed by atoms with van der Waals surface area (Å²) in [5.41, 5.74) is -0.0600. The second kappa shape index (κ2) is 6.77. The number of piperazine rings is 1. The Morgan fingerprint density at radius 3 is 2.57 bits per heavy atom. The Labute approximate surface area is 120 Å². The molecule has 1 aromatic rings. The first-order valence-corrected chi connectivity index (χ1v) is 6.60. The molecule has 116 valence electrons. The zero-order chi connectivity index (χ0) is 15.4. The van der Waals surface area contributed by atoms with Gasteiger partial charge in [0, 0.05) is 32.2 Å². The molecule has 1 fully saturated rings. The molecule has 0 unspecified atom stereocenters. The van der Waals surface area contributed by atoms with E-state index in [9.17, 15) is 18.9 Å². The molecule has 0 aromatic heterocycles. The maximum Gasteiger partial charge on any atom is 0.311 e. The monoisotopic (exact) mass is 301 g/mol. The summed E-state index contributed by atoms with van der Waals surface area (Å²) in [6.07, 6.45) is -2.61. The molecule has 1 aliphatic rings. The number of halogens is 2. The van der Waals surface area contributed by atoms with E-state index < -0.39 is 17.4 Å². The summed E-state index contributed by atoms with van der Waals surface area (Å²) >= 11 is 0. The number of nitrogens with one attached hydrogen (secondary N) is 1. The highest BCUT2D eigenvalue weighted by atomic mass is 19.3. The van der Waals surface area contributed by atoms with Crippen LogP contribution in [0.4, 0.5) is 14.5 Å². The van der Waals surface area contributed by atoms with E-state index in [-0.39, 0.29) is 17.0 Å². The van der Waals surface area contributed by atoms with E-state index in [1.807, 2.05) is 0 Å². The highest BCUT2D eigenvalue weighted by Gasteiger charge is 2.31. The minimum absolute atomic E-state index is 0.0667. The molecular formula is C13H17F2N3O3. The van der Waals surface area contributed by atoms with Gasteiger partial charge in [0.15, 0.2) is 5.75 Å². The van der Waals surface area contributed by atoms with Crippen molar-refractivity contribution < 1.29 is 18.4 Å². The molecule has 1 atom stereocenters. The van der Waals surface area contributed by atoms with E-state index >= 15 is 0 Å². The van der Waals surface area contributed by atoms with Gasteiger partial charge in [-0.3, -0.25) is 15.0 Å². The minimum Gasteiger partial charge on any atom is -0.490 e. The Bertz CT molecular complexity index is 507. The quantitative estimate of drug-likeness (QED) is 0.663. The van der Waals surface area contributed by atoms with Crippen LogP contribution in [0, 0.1) is 10.1 Å². The summed E-state index contributed by atoms with van der Waals surface area (Å²) in [7, 11) is 1.31. The third-order valence-electron chi connectivity index (χ3n) is 3.52. The van der Waals surface area contributed by atoms with Crippen molar-refractivity contribution in [1.29, 1.82) is 0 Å². The number of alkyl halides is 2. The Hall–Kier alpha value is -1.80. The van der Waals surface area contributed by atoms with Gasteiger partial charge in [-0.25, -0.2) is 8.78 Å². The van der Waals surface area contributed by atoms with E-state index in [0.717, 1.165) is 0 Å². The van der Waals surface area contributed by atoms with Crippen LogP contribution in [0.25, 0.3) is 0 Å². The minimum atomic E-state index is -2.61. The summed E-state index contributed by atoms with van der Waals surface area (Å²) in [5.74, 6) is 0.0667. The molecule has 1 heterocycles. The topological polar surface area (TPSA) is 67.6 Å². The first-order chi connectivity index (χ1) is 10.0. The fourth-order valence-electron chi connectivity index (χ4n) is 2.51. The molecule has 6 nitrogen and oxygen atoms in total. The third-order valence-corrected chi connectivity index (χ3v) is 3.52. The molecule has 0 amide bonds. The van der Waals surface area contributed by atoms with Gasteiger partial charge < -0.3 is 10.1 Å². The van der Waals surface area contributed by atoms with Crippen molar-refractivity contribution in [2.24, 2.45) is 0 Å². The highest BCUT2D eigenvalue weighted by molar-refractivity contribution is 5.49. The van der Waals surface area contributed by atoms with Crippen LogP contribution in [0.5, 0.6) is 5.75 Å². The number of hydrogen-bond acceptors (Lipinski definition) is 5. The van der Waals surface area contributed by atoms with Crippen LogP contribution in [0.3, 0.4) is 0 Å². The zero-order valence-corrected chi connectivity index (χ0v) is 11.6. The van der Waals surface area contributed by atoms with Crippen molar-refractivity contribution in [3.63, 3.8) is 0 Å². The van der Waals surface area contributed by atoms with E-state index in [1.165, 1.54) is 25.3 Å². The van der Waals surface area contributed by atoms with Crippen molar-refractivity contribution in [3.8, 4) is 5.75 Å². The highest BCUT2D eigenvalue weighted by Crippen LogP contribution is 2.34. The maximum absolute atomic E-state index is 13.4. The number of methoxy groups -OCH3 is 1. The Morgan fingerprint density at radius 1 is 1.38 bits per heavy atom. The fourth-order valence-corrected chi connectivity index (χ4v) is 2.51. The average molecular weight is 301 g/mol. The van der Waals surface area contributed by atoms with Crippen LogP contribution < -0.4 is 10.1 Å². The summed E-state index contributed by atoms with van der Waals surface area (Å²) in [6, 6.07) is 2.87. The predicted molar refractivity (Wildman–Crippen MR) is 72.8 cm³/mol. The number of hydrogen-bond donors (Lipinski definition) is 1. The molecule has 1 N–H and O–H groups in total. The van der Waals surface area contributed by atoms with Gasteiger partial charge in [0.25, 0.3) is 6.43 Å². The summed E-state index contributed by atoms with van der Waals surface area (Å²) in [6.45, 7) is 2.21. The van der Waals surface area contributed by atoms with E-state index in [0.29, 0.717) is 26.2 Å². The lowest BCUT2D eigenvalue weighted by Crippen LogP contribution is -2.46. The Kier molecular flexibility index (Phi) is 5.03. The molecule has 1 aromatic carbocycles. The molecule has 21 heavy (non-hydrogen) atoms. The van der Waals surface area contributed by atoms with Gasteiger partial charge in [-0.2, -0.15) is 0 Å². The number of benzene rings is 1. The first-order valence-electron chi connectivity index (χ1n) is 6.60. The molecule has 1 aliphatic heterocycles. The molecule has 1 saturated heterocycles. The van der Waals surface area contributed by atoms with E-state index in [4.69, 9.17) is 4.74 Å².